The lowest BCUT2D eigenvalue weighted by molar-refractivity contribution is -0.143. The summed E-state index contributed by atoms with van der Waals surface area (Å²) in [6, 6.07) is 8.45. The van der Waals surface area contributed by atoms with Crippen LogP contribution in [-0.4, -0.2) is 24.2 Å². The molecule has 3 heteroatoms. The maximum atomic E-state index is 11.6. The Hall–Kier alpha value is -1.35. The van der Waals surface area contributed by atoms with Crippen molar-refractivity contribution in [2.75, 3.05) is 13.1 Å². The van der Waals surface area contributed by atoms with Crippen LogP contribution in [0.5, 0.6) is 0 Å². The van der Waals surface area contributed by atoms with Gasteiger partial charge < -0.3 is 10.4 Å². The van der Waals surface area contributed by atoms with Crippen LogP contribution in [0.15, 0.2) is 24.3 Å². The Balaban J connectivity index is 2.07. The first-order chi connectivity index (χ1) is 10.1. The van der Waals surface area contributed by atoms with Gasteiger partial charge in [0.2, 0.25) is 0 Å². The van der Waals surface area contributed by atoms with Crippen molar-refractivity contribution in [2.45, 2.75) is 39.5 Å². The summed E-state index contributed by atoms with van der Waals surface area (Å²) in [7, 11) is 0. The molecule has 1 heterocycles. The lowest BCUT2D eigenvalue weighted by atomic mass is 9.82. The van der Waals surface area contributed by atoms with Crippen molar-refractivity contribution in [3.63, 3.8) is 0 Å². The van der Waals surface area contributed by atoms with Gasteiger partial charge in [-0.1, -0.05) is 38.1 Å². The van der Waals surface area contributed by atoms with Crippen LogP contribution in [0.4, 0.5) is 0 Å². The normalized spacial score (nSPS) is 20.4. The fourth-order valence-electron chi connectivity index (χ4n) is 3.29. The first-order valence-electron chi connectivity index (χ1n) is 8.07. The average molecular weight is 289 g/mol. The highest BCUT2D eigenvalue weighted by Crippen LogP contribution is 2.25. The van der Waals surface area contributed by atoms with E-state index in [1.807, 2.05) is 0 Å². The molecule has 0 saturated carbocycles. The largest absolute Gasteiger partial charge is 0.481 e. The Morgan fingerprint density at radius 3 is 2.62 bits per heavy atom. The van der Waals surface area contributed by atoms with Crippen LogP contribution in [0, 0.1) is 17.8 Å². The Morgan fingerprint density at radius 1 is 1.33 bits per heavy atom. The number of aliphatic carboxylic acids is 1. The molecule has 0 aliphatic carbocycles. The van der Waals surface area contributed by atoms with E-state index in [9.17, 15) is 9.90 Å². The van der Waals surface area contributed by atoms with Crippen LogP contribution in [0.1, 0.15) is 37.8 Å². The van der Waals surface area contributed by atoms with Crippen molar-refractivity contribution < 1.29 is 9.90 Å². The second-order valence-corrected chi connectivity index (χ2v) is 6.67. The third-order valence-corrected chi connectivity index (χ3v) is 4.31. The SMILES string of the molecule is CC(C)Cc1cccc(C[C@H](C(=O)O)[C@H]2CCCNC2)c1. The molecule has 0 bridgehead atoms. The number of hydrogen-bond donors (Lipinski definition) is 2. The van der Waals surface area contributed by atoms with Crippen LogP contribution < -0.4 is 5.32 Å². The molecule has 1 aliphatic heterocycles. The molecule has 2 rings (SSSR count). The van der Waals surface area contributed by atoms with Gasteiger partial charge in [0.25, 0.3) is 0 Å². The number of piperidine rings is 1. The lowest BCUT2D eigenvalue weighted by Gasteiger charge is -2.28. The summed E-state index contributed by atoms with van der Waals surface area (Å²) in [5.74, 6) is -0.0480. The van der Waals surface area contributed by atoms with Gasteiger partial charge >= 0.3 is 5.97 Å². The van der Waals surface area contributed by atoms with Gasteiger partial charge in [-0.25, -0.2) is 0 Å². The number of hydrogen-bond acceptors (Lipinski definition) is 2. The van der Waals surface area contributed by atoms with Gasteiger partial charge in [0, 0.05) is 0 Å². The minimum atomic E-state index is -0.655. The van der Waals surface area contributed by atoms with Gasteiger partial charge in [-0.3, -0.25) is 4.79 Å². The van der Waals surface area contributed by atoms with Crippen LogP contribution in [0.3, 0.4) is 0 Å². The zero-order valence-corrected chi connectivity index (χ0v) is 13.1. The minimum Gasteiger partial charge on any atom is -0.481 e. The van der Waals surface area contributed by atoms with E-state index in [0.29, 0.717) is 12.3 Å². The summed E-state index contributed by atoms with van der Waals surface area (Å²) in [5, 5.41) is 12.9. The molecule has 3 nitrogen and oxygen atoms in total. The van der Waals surface area contributed by atoms with Crippen molar-refractivity contribution in [3.05, 3.63) is 35.4 Å². The highest BCUT2D eigenvalue weighted by atomic mass is 16.4. The van der Waals surface area contributed by atoms with Gasteiger partial charge in [-0.2, -0.15) is 0 Å². The fraction of sp³-hybridized carbons (Fsp3) is 0.611. The number of nitrogens with one attached hydrogen (secondary N) is 1. The summed E-state index contributed by atoms with van der Waals surface area (Å²) in [5.41, 5.74) is 2.47. The maximum absolute atomic E-state index is 11.6. The molecule has 0 unspecified atom stereocenters. The van der Waals surface area contributed by atoms with E-state index in [0.717, 1.165) is 37.9 Å². The Kier molecular flexibility index (Phi) is 5.80. The molecular formula is C18H27NO2. The van der Waals surface area contributed by atoms with E-state index in [1.165, 1.54) is 5.56 Å². The molecule has 0 spiro atoms. The van der Waals surface area contributed by atoms with Crippen molar-refractivity contribution in [1.29, 1.82) is 0 Å². The molecule has 116 valence electrons. The molecule has 0 radical (unpaired) electrons. The van der Waals surface area contributed by atoms with Crippen LogP contribution in [0.2, 0.25) is 0 Å². The molecule has 2 atom stereocenters. The Morgan fingerprint density at radius 2 is 2.05 bits per heavy atom. The second-order valence-electron chi connectivity index (χ2n) is 6.67. The fourth-order valence-corrected chi connectivity index (χ4v) is 3.29. The molecule has 0 aromatic heterocycles. The first-order valence-corrected chi connectivity index (χ1v) is 8.07. The molecule has 1 aromatic carbocycles. The highest BCUT2D eigenvalue weighted by molar-refractivity contribution is 5.71. The van der Waals surface area contributed by atoms with Gasteiger partial charge in [0.05, 0.1) is 5.92 Å². The molecular weight excluding hydrogens is 262 g/mol. The smallest absolute Gasteiger partial charge is 0.307 e. The quantitative estimate of drug-likeness (QED) is 0.846. The van der Waals surface area contributed by atoms with Gasteiger partial charge in [0.15, 0.2) is 0 Å². The summed E-state index contributed by atoms with van der Waals surface area (Å²) < 4.78 is 0. The van der Waals surface area contributed by atoms with Crippen molar-refractivity contribution >= 4 is 5.97 Å². The predicted octanol–water partition coefficient (Wildman–Crippen LogP) is 3.13. The number of benzene rings is 1. The molecule has 2 N–H and O–H groups in total. The van der Waals surface area contributed by atoms with Crippen molar-refractivity contribution in [2.24, 2.45) is 17.8 Å². The van der Waals surface area contributed by atoms with E-state index in [2.05, 4.69) is 43.4 Å². The lowest BCUT2D eigenvalue weighted by Crippen LogP contribution is -2.38. The molecule has 21 heavy (non-hydrogen) atoms. The molecule has 0 amide bonds. The molecule has 1 saturated heterocycles. The minimum absolute atomic E-state index is 0.255. The van der Waals surface area contributed by atoms with E-state index < -0.39 is 5.97 Å². The second kappa shape index (κ2) is 7.60. The Bertz CT molecular complexity index is 464. The summed E-state index contributed by atoms with van der Waals surface area (Å²) in [6.07, 6.45) is 3.81. The first kappa shape index (κ1) is 16.0. The van der Waals surface area contributed by atoms with Crippen molar-refractivity contribution in [1.82, 2.24) is 5.32 Å². The molecule has 1 fully saturated rings. The molecule has 1 aliphatic rings. The van der Waals surface area contributed by atoms with E-state index >= 15 is 0 Å². The maximum Gasteiger partial charge on any atom is 0.307 e. The number of carboxylic acid groups (broad SMARTS) is 1. The zero-order valence-electron chi connectivity index (χ0n) is 13.1. The van der Waals surface area contributed by atoms with E-state index in [1.54, 1.807) is 0 Å². The number of rotatable bonds is 6. The van der Waals surface area contributed by atoms with Crippen molar-refractivity contribution in [3.8, 4) is 0 Å². The predicted molar refractivity (Wildman–Crippen MR) is 85.4 cm³/mol. The summed E-state index contributed by atoms with van der Waals surface area (Å²) >= 11 is 0. The third-order valence-electron chi connectivity index (χ3n) is 4.31. The van der Waals surface area contributed by atoms with E-state index in [4.69, 9.17) is 0 Å². The van der Waals surface area contributed by atoms with E-state index in [-0.39, 0.29) is 11.8 Å². The van der Waals surface area contributed by atoms with Gasteiger partial charge in [-0.05, 0) is 61.7 Å². The number of carbonyl (C=O) groups is 1. The monoisotopic (exact) mass is 289 g/mol. The van der Waals surface area contributed by atoms with Crippen LogP contribution in [-0.2, 0) is 17.6 Å². The van der Waals surface area contributed by atoms with Crippen LogP contribution >= 0.6 is 0 Å². The average Bonchev–Trinajstić information content (AvgIpc) is 2.45. The Labute approximate surface area is 127 Å². The van der Waals surface area contributed by atoms with Gasteiger partial charge in [0.1, 0.15) is 0 Å². The highest BCUT2D eigenvalue weighted by Gasteiger charge is 2.29. The third kappa shape index (κ3) is 4.85. The van der Waals surface area contributed by atoms with Crippen LogP contribution in [0.25, 0.3) is 0 Å². The zero-order chi connectivity index (χ0) is 15.2. The standard InChI is InChI=1S/C18H27NO2/c1-13(2)9-14-5-3-6-15(10-14)11-17(18(20)21)16-7-4-8-19-12-16/h3,5-6,10,13,16-17,19H,4,7-9,11-12H2,1-2H3,(H,20,21)/t16-,17-/m0/s1. The van der Waals surface area contributed by atoms with Gasteiger partial charge in [-0.15, -0.1) is 0 Å². The number of carboxylic acids is 1. The summed E-state index contributed by atoms with van der Waals surface area (Å²) in [4.78, 5) is 11.6. The topological polar surface area (TPSA) is 49.3 Å². The molecule has 1 aromatic rings. The summed E-state index contributed by atoms with van der Waals surface area (Å²) in [6.45, 7) is 6.27.